The molecule has 0 aliphatic carbocycles. The van der Waals surface area contributed by atoms with Crippen molar-refractivity contribution in [3.05, 3.63) is 333 Å². The molecular weight excluding hydrogens is 1390 g/mol. The lowest BCUT2D eigenvalue weighted by atomic mass is 9.78. The molecule has 0 amide bonds. The van der Waals surface area contributed by atoms with E-state index < -0.39 is 18.3 Å². The summed E-state index contributed by atoms with van der Waals surface area (Å²) in [6, 6.07) is 111. The van der Waals surface area contributed by atoms with Crippen LogP contribution in [0.15, 0.2) is 328 Å². The van der Waals surface area contributed by atoms with E-state index in [4.69, 9.17) is 55.8 Å². The normalized spacial score (nSPS) is 12.9. The van der Waals surface area contributed by atoms with Crippen LogP contribution >= 0.6 is 34.3 Å². The van der Waals surface area contributed by atoms with E-state index in [2.05, 4.69) is 225 Å². The zero-order chi connectivity index (χ0) is 73.1. The Morgan fingerprint density at radius 1 is 0.250 bits per heavy atom. The maximum Gasteiger partial charge on any atom is 0.496 e. The van der Waals surface area contributed by atoms with Gasteiger partial charge in [0.15, 0.2) is 40.8 Å². The minimum atomic E-state index is -0.445. The molecule has 1 fully saturated rings. The molecule has 12 aromatic carbocycles. The van der Waals surface area contributed by atoms with Crippen molar-refractivity contribution in [1.29, 1.82) is 0 Å². The third-order valence-electron chi connectivity index (χ3n) is 19.4. The van der Waals surface area contributed by atoms with Crippen molar-refractivity contribution in [3.8, 4) is 124 Å². The molecule has 0 unspecified atom stereocenters. The fraction of sp³-hybridized carbons (Fsp3) is 0.0652. The molecule has 1 saturated heterocycles. The number of halogens is 1. The summed E-state index contributed by atoms with van der Waals surface area (Å²) in [5.74, 6) is 4.46. The van der Waals surface area contributed by atoms with E-state index >= 15 is 0 Å². The van der Waals surface area contributed by atoms with Gasteiger partial charge in [0.1, 0.15) is 0 Å². The molecule has 18 aromatic rings. The number of rotatable bonds is 12. The maximum absolute atomic E-state index is 6.46. The molecule has 108 heavy (non-hydrogen) atoms. The molecule has 6 aromatic heterocycles. The van der Waals surface area contributed by atoms with Gasteiger partial charge >= 0.3 is 7.12 Å². The Morgan fingerprint density at radius 3 is 0.907 bits per heavy atom. The van der Waals surface area contributed by atoms with Gasteiger partial charge in [0.25, 0.3) is 0 Å². The minimum Gasteiger partial charge on any atom is -0.399 e. The lowest BCUT2D eigenvalue weighted by Gasteiger charge is -2.32. The highest BCUT2D eigenvalue weighted by atomic mass is 35.5. The average molecular weight is 1450 g/mol. The summed E-state index contributed by atoms with van der Waals surface area (Å²) < 4.78 is 17.2. The number of aromatic nitrogens is 10. The summed E-state index contributed by atoms with van der Waals surface area (Å²) >= 11 is 9.39. The van der Waals surface area contributed by atoms with Crippen molar-refractivity contribution in [3.63, 3.8) is 0 Å². The number of thiophene rings is 2. The van der Waals surface area contributed by atoms with Gasteiger partial charge in [-0.1, -0.05) is 322 Å². The van der Waals surface area contributed by atoms with Gasteiger partial charge in [-0.25, -0.2) is 39.9 Å². The third kappa shape index (κ3) is 14.1. The predicted molar refractivity (Wildman–Crippen MR) is 444 cm³/mol. The molecule has 1 aliphatic rings. The second-order valence-corrected chi connectivity index (χ2v) is 29.4. The van der Waals surface area contributed by atoms with E-state index in [-0.39, 0.29) is 5.28 Å². The summed E-state index contributed by atoms with van der Waals surface area (Å²) in [5, 5.41) is 2.34. The largest absolute Gasteiger partial charge is 0.496 e. The van der Waals surface area contributed by atoms with Gasteiger partial charge in [0.2, 0.25) is 5.28 Å². The Kier molecular flexibility index (Phi) is 19.0. The number of nitrogens with zero attached hydrogens (tertiary/aromatic N) is 10. The standard InChI is InChI=1S/C43H27N5S.C34H29BN2O2S.C15H10ClN3/c1-5-14-28(15-6-1)29-24-26-33(27-25-29)40-44-36(30-16-7-2-8-17-30)39-37(45-40)34-22-13-23-35(38(34)49-39)43-47-41(31-18-9-3-10-19-31)46-42(48-43)32-20-11-4-12-21-32;1-33(2)34(3,4)39-35(38-33)27-17-11-16-26-29-31(40-30(26)27)28(24-14-9-6-10-15-24)36-32(37-29)25-20-18-23(19-21-25)22-12-7-5-8-13-22;16-15-18-13(11-7-3-1-4-8-11)17-14(19-15)12-9-5-2-6-10-12/h1-27H;5-21H,1-4H3;1-10H. The van der Waals surface area contributed by atoms with Gasteiger partial charge in [-0.2, -0.15) is 9.97 Å². The quantitative estimate of drug-likeness (QED) is 0.107. The molecule has 16 heteroatoms. The van der Waals surface area contributed by atoms with E-state index in [1.807, 2.05) is 146 Å². The first-order chi connectivity index (χ1) is 52.9. The van der Waals surface area contributed by atoms with Crippen LogP contribution in [-0.2, 0) is 9.31 Å². The zero-order valence-electron chi connectivity index (χ0n) is 59.2. The molecule has 7 heterocycles. The second kappa shape index (κ2) is 29.8. The number of hydrogen-bond acceptors (Lipinski definition) is 14. The SMILES string of the molecule is CC1(C)OB(c2cccc3c2sc2c(-c4ccccc4)nc(-c4ccc(-c5ccccc5)cc4)nc23)OC1(C)C.Clc1nc(-c2ccccc2)nc(-c2ccccc2)n1.c1ccc(-c2ccc(-c3nc(-c4ccccc4)c4sc5c(-c6nc(-c7ccccc7)nc(-c7ccccc7)n6)cccc5c4n3)cc2)cc1. The third-order valence-corrected chi connectivity index (χ3v) is 22.1. The van der Waals surface area contributed by atoms with E-state index in [1.54, 1.807) is 22.7 Å². The van der Waals surface area contributed by atoms with Crippen LogP contribution in [0, 0.1) is 0 Å². The van der Waals surface area contributed by atoms with E-state index in [1.165, 1.54) is 16.7 Å². The van der Waals surface area contributed by atoms with E-state index in [0.717, 1.165) is 113 Å². The molecule has 0 N–H and O–H groups in total. The second-order valence-electron chi connectivity index (χ2n) is 27.0. The molecule has 518 valence electrons. The molecular formula is C92H66BClN10O2S2. The van der Waals surface area contributed by atoms with Crippen molar-refractivity contribution in [2.75, 3.05) is 0 Å². The number of hydrogen-bond donors (Lipinski definition) is 0. The van der Waals surface area contributed by atoms with Gasteiger partial charge in [-0.15, -0.1) is 22.7 Å². The van der Waals surface area contributed by atoms with Crippen LogP contribution in [0.25, 0.3) is 165 Å². The lowest BCUT2D eigenvalue weighted by Crippen LogP contribution is -2.41. The first-order valence-electron chi connectivity index (χ1n) is 35.6. The van der Waals surface area contributed by atoms with Crippen LogP contribution in [0.5, 0.6) is 0 Å². The van der Waals surface area contributed by atoms with Crippen molar-refractivity contribution in [2.24, 2.45) is 0 Å². The minimum absolute atomic E-state index is 0.202. The highest BCUT2D eigenvalue weighted by Gasteiger charge is 2.52. The summed E-state index contributed by atoms with van der Waals surface area (Å²) in [7, 11) is -0.445. The van der Waals surface area contributed by atoms with E-state index in [9.17, 15) is 0 Å². The zero-order valence-corrected chi connectivity index (χ0v) is 61.6. The topological polar surface area (TPSA) is 147 Å². The van der Waals surface area contributed by atoms with Crippen LogP contribution in [0.1, 0.15) is 27.7 Å². The highest BCUT2D eigenvalue weighted by Crippen LogP contribution is 2.45. The van der Waals surface area contributed by atoms with Crippen molar-refractivity contribution < 1.29 is 9.31 Å². The molecule has 1 aliphatic heterocycles. The van der Waals surface area contributed by atoms with Crippen LogP contribution in [0.3, 0.4) is 0 Å². The maximum atomic E-state index is 6.46. The molecule has 12 nitrogen and oxygen atoms in total. The molecule has 0 atom stereocenters. The smallest absolute Gasteiger partial charge is 0.399 e. The van der Waals surface area contributed by atoms with Gasteiger partial charge in [0, 0.05) is 75.7 Å². The van der Waals surface area contributed by atoms with Crippen LogP contribution in [-0.4, -0.2) is 68.2 Å². The van der Waals surface area contributed by atoms with Crippen LogP contribution in [0.4, 0.5) is 0 Å². The van der Waals surface area contributed by atoms with Crippen molar-refractivity contribution in [1.82, 2.24) is 49.8 Å². The molecule has 0 spiro atoms. The van der Waals surface area contributed by atoms with Gasteiger partial charge in [-0.3, -0.25) is 0 Å². The first-order valence-corrected chi connectivity index (χ1v) is 37.6. The summed E-state index contributed by atoms with van der Waals surface area (Å²) in [5.41, 5.74) is 17.3. The Morgan fingerprint density at radius 2 is 0.528 bits per heavy atom. The Balaban J connectivity index is 0.000000129. The average Bonchev–Trinajstić information content (AvgIpc) is 1.58. The van der Waals surface area contributed by atoms with Crippen LogP contribution in [0.2, 0.25) is 5.28 Å². The Hall–Kier alpha value is -12.5. The predicted octanol–water partition coefficient (Wildman–Crippen LogP) is 23.0. The Labute approximate surface area is 638 Å². The fourth-order valence-electron chi connectivity index (χ4n) is 13.1. The molecule has 19 rings (SSSR count). The van der Waals surface area contributed by atoms with Crippen molar-refractivity contribution >= 4 is 87.5 Å². The summed E-state index contributed by atoms with van der Waals surface area (Å²) in [6.45, 7) is 8.36. The number of fused-ring (bicyclic) bond motifs is 6. The van der Waals surface area contributed by atoms with E-state index in [0.29, 0.717) is 40.8 Å². The van der Waals surface area contributed by atoms with Gasteiger partial charge < -0.3 is 9.31 Å². The first kappa shape index (κ1) is 68.6. The van der Waals surface area contributed by atoms with Gasteiger partial charge in [0.05, 0.1) is 43.0 Å². The number of benzene rings is 12. The lowest BCUT2D eigenvalue weighted by molar-refractivity contribution is 0.00578. The Bertz CT molecular complexity index is 6100. The summed E-state index contributed by atoms with van der Waals surface area (Å²) in [4.78, 5) is 48.6. The monoisotopic (exact) mass is 1450 g/mol. The highest BCUT2D eigenvalue weighted by molar-refractivity contribution is 7.27. The fourth-order valence-corrected chi connectivity index (χ4v) is 15.8. The van der Waals surface area contributed by atoms with Crippen LogP contribution < -0.4 is 5.46 Å². The molecule has 0 saturated carbocycles. The van der Waals surface area contributed by atoms with Gasteiger partial charge in [-0.05, 0) is 67.6 Å². The van der Waals surface area contributed by atoms with Crippen molar-refractivity contribution in [2.45, 2.75) is 38.9 Å². The molecule has 0 radical (unpaired) electrons. The summed E-state index contributed by atoms with van der Waals surface area (Å²) in [6.07, 6.45) is 0. The molecule has 0 bridgehead atoms.